The van der Waals surface area contributed by atoms with Gasteiger partial charge in [0.1, 0.15) is 18.9 Å². The second kappa shape index (κ2) is 8.70. The van der Waals surface area contributed by atoms with E-state index in [9.17, 15) is 9.59 Å². The maximum absolute atomic E-state index is 11.5. The summed E-state index contributed by atoms with van der Waals surface area (Å²) in [5.41, 5.74) is 0.727. The molecule has 0 aliphatic carbocycles. The van der Waals surface area contributed by atoms with Crippen molar-refractivity contribution in [3.63, 3.8) is 0 Å². The number of benzene rings is 1. The van der Waals surface area contributed by atoms with Crippen LogP contribution in [0.1, 0.15) is 26.7 Å². The summed E-state index contributed by atoms with van der Waals surface area (Å²) < 4.78 is 3.57. The first-order chi connectivity index (χ1) is 12.9. The van der Waals surface area contributed by atoms with Crippen LogP contribution in [0.15, 0.2) is 24.3 Å². The molecule has 2 aromatic rings. The van der Waals surface area contributed by atoms with Crippen LogP contribution in [0, 0.1) is 10.2 Å². The van der Waals surface area contributed by atoms with Crippen molar-refractivity contribution in [3.05, 3.63) is 29.0 Å². The van der Waals surface area contributed by atoms with Crippen LogP contribution in [0.5, 0.6) is 0 Å². The molecule has 146 valence electrons. The maximum atomic E-state index is 11.5. The molecule has 27 heavy (non-hydrogen) atoms. The topological polar surface area (TPSA) is 109 Å². The third-order valence-electron chi connectivity index (χ3n) is 4.74. The van der Waals surface area contributed by atoms with E-state index in [1.54, 1.807) is 9.13 Å². The minimum Gasteiger partial charge on any atom is -0.376 e. The second-order valence-corrected chi connectivity index (χ2v) is 6.71. The smallest absolute Gasteiger partial charge is 0.241 e. The summed E-state index contributed by atoms with van der Waals surface area (Å²) in [7, 11) is 0. The Balaban J connectivity index is 0.000000194. The van der Waals surface area contributed by atoms with Gasteiger partial charge < -0.3 is 20.8 Å². The Hall–Kier alpha value is -2.14. The van der Waals surface area contributed by atoms with Gasteiger partial charge in [0.2, 0.25) is 11.8 Å². The van der Waals surface area contributed by atoms with Gasteiger partial charge in [0.25, 0.3) is 0 Å². The van der Waals surface area contributed by atoms with E-state index in [4.69, 9.17) is 34.6 Å². The third-order valence-corrected chi connectivity index (χ3v) is 5.38. The molecule has 0 atom stereocenters. The number of aromatic nitrogens is 2. The van der Waals surface area contributed by atoms with E-state index in [1.165, 1.54) is 0 Å². The number of aliphatic hydroxyl groups is 2. The maximum Gasteiger partial charge on any atom is 0.241 e. The minimum absolute atomic E-state index is 0.104. The van der Waals surface area contributed by atoms with Gasteiger partial charge in [-0.3, -0.25) is 18.7 Å². The summed E-state index contributed by atoms with van der Waals surface area (Å²) in [5, 5.41) is 23.3. The standard InChI is InChI=1S/C9H10N2O2S.C8H12N2O2S/c12-5-10-7-3-1-2-4-8(7)11(6-13)9(10)14;1-3-8(4-2)5(11)9-7(13)10-6(8)12/h1-4,12-13H,5-6H2;3-4H2,1-2H3,(H2,9,10,11,12,13). The van der Waals surface area contributed by atoms with Crippen molar-refractivity contribution in [2.24, 2.45) is 5.41 Å². The predicted molar refractivity (Wildman–Crippen MR) is 107 cm³/mol. The molecule has 3 rings (SSSR count). The number of fused-ring (bicyclic) bond motifs is 1. The average molecular weight is 411 g/mol. The van der Waals surface area contributed by atoms with Crippen molar-refractivity contribution in [2.45, 2.75) is 40.2 Å². The van der Waals surface area contributed by atoms with Crippen molar-refractivity contribution in [1.82, 2.24) is 19.8 Å². The molecule has 0 radical (unpaired) electrons. The number of thiocarbonyl (C=S) groups is 1. The molecule has 0 bridgehead atoms. The molecule has 8 nitrogen and oxygen atoms in total. The quantitative estimate of drug-likeness (QED) is 0.448. The molecule has 0 saturated carbocycles. The fourth-order valence-corrected chi connectivity index (χ4v) is 3.52. The van der Waals surface area contributed by atoms with Gasteiger partial charge in [-0.15, -0.1) is 0 Å². The first-order valence-corrected chi connectivity index (χ1v) is 9.24. The molecule has 1 aliphatic heterocycles. The van der Waals surface area contributed by atoms with Gasteiger partial charge in [-0.05, 0) is 49.4 Å². The van der Waals surface area contributed by atoms with E-state index in [2.05, 4.69) is 10.6 Å². The normalized spacial score (nSPS) is 15.8. The van der Waals surface area contributed by atoms with Gasteiger partial charge in [0, 0.05) is 0 Å². The largest absolute Gasteiger partial charge is 0.376 e. The lowest BCUT2D eigenvalue weighted by Crippen LogP contribution is -2.61. The van der Waals surface area contributed by atoms with Crippen molar-refractivity contribution >= 4 is 52.4 Å². The molecular weight excluding hydrogens is 388 g/mol. The number of imidazole rings is 1. The highest BCUT2D eigenvalue weighted by Gasteiger charge is 2.46. The van der Waals surface area contributed by atoms with Gasteiger partial charge in [-0.1, -0.05) is 26.0 Å². The third kappa shape index (κ3) is 3.79. The summed E-state index contributed by atoms with van der Waals surface area (Å²) in [5.74, 6) is -0.572. The number of carbonyl (C=O) groups is 2. The zero-order chi connectivity index (χ0) is 20.2. The lowest BCUT2D eigenvalue weighted by molar-refractivity contribution is -0.144. The Morgan fingerprint density at radius 1 is 0.926 bits per heavy atom. The molecule has 1 saturated heterocycles. The highest BCUT2D eigenvalue weighted by atomic mass is 32.1. The van der Waals surface area contributed by atoms with Gasteiger partial charge >= 0.3 is 0 Å². The van der Waals surface area contributed by atoms with Gasteiger partial charge in [0.15, 0.2) is 9.88 Å². The Morgan fingerprint density at radius 2 is 1.33 bits per heavy atom. The molecule has 4 N–H and O–H groups in total. The fourth-order valence-electron chi connectivity index (χ4n) is 3.02. The number of nitrogens with one attached hydrogen (secondary N) is 2. The SMILES string of the molecule is CCC1(CC)C(=O)NC(=S)NC1=O.OCn1c(=S)n(CO)c2ccccc21. The van der Waals surface area contributed by atoms with Crippen LogP contribution < -0.4 is 10.6 Å². The van der Waals surface area contributed by atoms with E-state index in [0.717, 1.165) is 11.0 Å². The van der Waals surface area contributed by atoms with Crippen LogP contribution >= 0.6 is 24.4 Å². The number of carbonyl (C=O) groups excluding carboxylic acids is 2. The number of aliphatic hydroxyl groups excluding tert-OH is 2. The zero-order valence-corrected chi connectivity index (χ0v) is 16.7. The van der Waals surface area contributed by atoms with Gasteiger partial charge in [-0.25, -0.2) is 0 Å². The number of rotatable bonds is 4. The molecule has 10 heteroatoms. The molecule has 0 unspecified atom stereocenters. The Kier molecular flexibility index (Phi) is 6.82. The monoisotopic (exact) mass is 410 g/mol. The first-order valence-electron chi connectivity index (χ1n) is 8.42. The first kappa shape index (κ1) is 21.2. The zero-order valence-electron chi connectivity index (χ0n) is 15.1. The molecule has 0 spiro atoms. The van der Waals surface area contributed by atoms with Crippen LogP contribution in [-0.4, -0.2) is 36.3 Å². The Morgan fingerprint density at radius 3 is 1.67 bits per heavy atom. The van der Waals surface area contributed by atoms with Crippen LogP contribution in [0.3, 0.4) is 0 Å². The highest BCUT2D eigenvalue weighted by Crippen LogP contribution is 2.28. The molecular formula is C17H22N4O4S2. The lowest BCUT2D eigenvalue weighted by atomic mass is 9.79. The van der Waals surface area contributed by atoms with Crippen molar-refractivity contribution in [2.75, 3.05) is 0 Å². The van der Waals surface area contributed by atoms with Crippen LogP contribution in [-0.2, 0) is 23.1 Å². The van der Waals surface area contributed by atoms with Crippen molar-refractivity contribution < 1.29 is 19.8 Å². The summed E-state index contributed by atoms with van der Waals surface area (Å²) >= 11 is 9.79. The van der Waals surface area contributed by atoms with Gasteiger partial charge in [-0.2, -0.15) is 0 Å². The van der Waals surface area contributed by atoms with E-state index in [-0.39, 0.29) is 30.4 Å². The molecule has 2 heterocycles. The number of hydrogen-bond acceptors (Lipinski definition) is 6. The van der Waals surface area contributed by atoms with E-state index in [0.29, 0.717) is 17.6 Å². The van der Waals surface area contributed by atoms with Crippen LogP contribution in [0.25, 0.3) is 11.0 Å². The van der Waals surface area contributed by atoms with E-state index < -0.39 is 5.41 Å². The predicted octanol–water partition coefficient (Wildman–Crippen LogP) is 1.40. The average Bonchev–Trinajstić information content (AvgIpc) is 2.93. The minimum atomic E-state index is -0.928. The second-order valence-electron chi connectivity index (χ2n) is 5.94. The molecule has 2 amide bonds. The Bertz CT molecular complexity index is 865. The summed E-state index contributed by atoms with van der Waals surface area (Å²) in [6.07, 6.45) is 0.980. The molecule has 1 aromatic heterocycles. The van der Waals surface area contributed by atoms with Crippen molar-refractivity contribution in [1.29, 1.82) is 0 Å². The van der Waals surface area contributed by atoms with Gasteiger partial charge in [0.05, 0.1) is 11.0 Å². The molecule has 1 aliphatic rings. The van der Waals surface area contributed by atoms with Crippen LogP contribution in [0.4, 0.5) is 0 Å². The number of hydrogen-bond donors (Lipinski definition) is 4. The molecule has 1 fully saturated rings. The Labute approximate surface area is 166 Å². The summed E-state index contributed by atoms with van der Waals surface area (Å²) in [4.78, 5) is 23.1. The summed E-state index contributed by atoms with van der Waals surface area (Å²) in [6.45, 7) is 3.28. The van der Waals surface area contributed by atoms with Crippen molar-refractivity contribution in [3.8, 4) is 0 Å². The number of nitrogens with zero attached hydrogens (tertiary/aromatic N) is 2. The number of para-hydroxylation sites is 2. The fraction of sp³-hybridized carbons (Fsp3) is 0.412. The van der Waals surface area contributed by atoms with Crippen LogP contribution in [0.2, 0.25) is 0 Å². The highest BCUT2D eigenvalue weighted by molar-refractivity contribution is 7.80. The lowest BCUT2D eigenvalue weighted by Gasteiger charge is -2.33. The molecule has 1 aromatic carbocycles. The number of amides is 2. The van der Waals surface area contributed by atoms with E-state index in [1.807, 2.05) is 38.1 Å². The summed E-state index contributed by atoms with van der Waals surface area (Å²) in [6, 6.07) is 7.44. The van der Waals surface area contributed by atoms with E-state index >= 15 is 0 Å².